The van der Waals surface area contributed by atoms with Crippen molar-refractivity contribution < 1.29 is 83.3 Å². The Morgan fingerprint density at radius 2 is 1.00 bits per heavy atom. The Kier molecular flexibility index (Phi) is 227. The fraction of sp³-hybridized carbons (Fsp3) is 0. The Balaban J connectivity index is 0. The van der Waals surface area contributed by atoms with Crippen molar-refractivity contribution in [1.82, 2.24) is 0 Å². The summed E-state index contributed by atoms with van der Waals surface area (Å²) in [6.07, 6.45) is 0. The molecule has 1 radical (unpaired) electrons. The van der Waals surface area contributed by atoms with Crippen molar-refractivity contribution in [3.63, 3.8) is 0 Å². The molecule has 0 saturated carbocycles. The fourth-order valence-electron chi connectivity index (χ4n) is 0. The van der Waals surface area contributed by atoms with Crippen molar-refractivity contribution >= 4 is 17.4 Å². The van der Waals surface area contributed by atoms with Gasteiger partial charge in [0, 0.05) is 0 Å². The van der Waals surface area contributed by atoms with Crippen LogP contribution >= 0.6 is 0 Å². The molecule has 5 heavy (non-hydrogen) atoms. The maximum Gasteiger partial charge on any atom is 3.00 e. The second-order valence-corrected chi connectivity index (χ2v) is 0. The van der Waals surface area contributed by atoms with Gasteiger partial charge in [-0.15, -0.1) is 0 Å². The van der Waals surface area contributed by atoms with Crippen LogP contribution in [0.15, 0.2) is 0 Å². The molecule has 0 aliphatic carbocycles. The van der Waals surface area contributed by atoms with E-state index >= 15 is 0 Å². The molecule has 0 nitrogen and oxygen atoms in total. The second-order valence-electron chi connectivity index (χ2n) is 0. The summed E-state index contributed by atoms with van der Waals surface area (Å²) in [4.78, 5) is 0. The minimum Gasteiger partial charge on any atom is 2.00 e. The summed E-state index contributed by atoms with van der Waals surface area (Å²) in [6, 6.07) is 0. The second kappa shape index (κ2) is 27.2. The van der Waals surface area contributed by atoms with E-state index in [1.807, 2.05) is 0 Å². The maximum atomic E-state index is 0. The monoisotopic (exact) mass is 285 g/mol. The molecule has 0 aliphatic rings. The van der Waals surface area contributed by atoms with Crippen LogP contribution in [0.1, 0.15) is 0 Å². The Morgan fingerprint density at radius 1 is 1.00 bits per heavy atom. The predicted octanol–water partition coefficient (Wildman–Crippen LogP) is -0.391. The van der Waals surface area contributed by atoms with Gasteiger partial charge in [0.15, 0.2) is 0 Å². The fourth-order valence-corrected chi connectivity index (χ4v) is 0. The zero-order valence-corrected chi connectivity index (χ0v) is 9.51. The van der Waals surface area contributed by atoms with Gasteiger partial charge in [0.05, 0.1) is 0 Å². The topological polar surface area (TPSA) is 0 Å². The molecule has 0 spiro atoms. The largest absolute Gasteiger partial charge is 3.00 e. The number of hydrogen-bond donors (Lipinski definition) is 0. The Hall–Kier alpha value is 3.17. The molecule has 0 fully saturated rings. The third kappa shape index (κ3) is 19.1. The van der Waals surface area contributed by atoms with Crippen LogP contribution in [0.5, 0.6) is 0 Å². The first-order chi connectivity index (χ1) is 0. The van der Waals surface area contributed by atoms with E-state index in [0.29, 0.717) is 0 Å². The van der Waals surface area contributed by atoms with Crippen LogP contribution in [0.25, 0.3) is 0 Å². The van der Waals surface area contributed by atoms with E-state index in [1.165, 1.54) is 0 Å². The summed E-state index contributed by atoms with van der Waals surface area (Å²) in [5, 5.41) is 0. The molecule has 0 aromatic heterocycles. The Labute approximate surface area is 98.9 Å². The molecule has 0 aromatic carbocycles. The van der Waals surface area contributed by atoms with E-state index < -0.39 is 0 Å². The van der Waals surface area contributed by atoms with E-state index in [0.717, 1.165) is 0 Å². The summed E-state index contributed by atoms with van der Waals surface area (Å²) >= 11 is 0. The molecule has 0 N–H and O–H groups in total. The summed E-state index contributed by atoms with van der Waals surface area (Å²) < 4.78 is 0. The molecule has 0 atom stereocenters. The van der Waals surface area contributed by atoms with Crippen molar-refractivity contribution in [2.75, 3.05) is 0 Å². The average Bonchev–Trinajstić information content (AvgIpc) is 0. The van der Waals surface area contributed by atoms with Crippen LogP contribution < -0.4 is 0 Å². The minimum atomic E-state index is 0. The molecule has 0 bridgehead atoms. The summed E-state index contributed by atoms with van der Waals surface area (Å²) in [6.45, 7) is 0. The van der Waals surface area contributed by atoms with Crippen LogP contribution in [-0.4, -0.2) is 17.4 Å². The molecule has 5 heteroatoms. The van der Waals surface area contributed by atoms with Crippen LogP contribution in [-0.2, 0) is 83.3 Å². The van der Waals surface area contributed by atoms with Crippen molar-refractivity contribution in [1.29, 1.82) is 0 Å². The van der Waals surface area contributed by atoms with Gasteiger partial charge in [-0.2, -0.15) is 0 Å². The van der Waals surface area contributed by atoms with Gasteiger partial charge in [-0.05, 0) is 0 Å². The van der Waals surface area contributed by atoms with Crippen molar-refractivity contribution in [3.05, 3.63) is 0 Å². The zero-order valence-electron chi connectivity index (χ0n) is 2.21. The van der Waals surface area contributed by atoms with Crippen LogP contribution in [0.2, 0.25) is 0 Å². The summed E-state index contributed by atoms with van der Waals surface area (Å²) in [7, 11) is 0. The molecule has 0 amide bonds. The molecule has 0 saturated heterocycles. The third-order valence-electron chi connectivity index (χ3n) is 0. The Bertz CT molecular complexity index is 11.6. The van der Waals surface area contributed by atoms with E-state index in [2.05, 4.69) is 0 Å². The Morgan fingerprint density at radius 3 is 1.00 bits per heavy atom. The van der Waals surface area contributed by atoms with E-state index in [1.54, 1.807) is 0 Å². The summed E-state index contributed by atoms with van der Waals surface area (Å²) in [5.41, 5.74) is 0. The smallest absolute Gasteiger partial charge is 2.00 e. The van der Waals surface area contributed by atoms with Crippen LogP contribution in [0, 0.1) is 0 Å². The molecule has 0 aromatic rings. The van der Waals surface area contributed by atoms with Gasteiger partial charge in [-0.3, -0.25) is 0 Å². The van der Waals surface area contributed by atoms with Gasteiger partial charge in [-0.25, -0.2) is 0 Å². The molecule has 0 heterocycles. The van der Waals surface area contributed by atoms with Gasteiger partial charge in [0.1, 0.15) is 0 Å². The van der Waals surface area contributed by atoms with E-state index in [4.69, 9.17) is 0 Å². The van der Waals surface area contributed by atoms with Gasteiger partial charge in [0.2, 0.25) is 0 Å². The SMILES string of the molecule is [Al+3].[Co+2].[Cr+2].[Ni+2].[Y+3]. The quantitative estimate of drug-likeness (QED) is 0.532. The minimum absolute atomic E-state index is 0. The van der Waals surface area contributed by atoms with Gasteiger partial charge in [-0.1, -0.05) is 0 Å². The number of rotatable bonds is 0. The molecule has 19 valence electrons. The molecular formula is AlCoCrNiY+12. The normalized spacial score (nSPS) is 0. The molecule has 0 aliphatic heterocycles. The first kappa shape index (κ1) is 41.8. The average molecular weight is 286 g/mol. The molecular weight excluding hydrogens is 286 g/mol. The first-order valence-corrected chi connectivity index (χ1v) is 0. The van der Waals surface area contributed by atoms with E-state index in [-0.39, 0.29) is 101 Å². The van der Waals surface area contributed by atoms with Gasteiger partial charge in [0.25, 0.3) is 0 Å². The predicted molar refractivity (Wildman–Crippen MR) is 5.75 cm³/mol. The zero-order chi connectivity index (χ0) is 0. The van der Waals surface area contributed by atoms with Crippen LogP contribution in [0.3, 0.4) is 0 Å². The first-order valence-electron chi connectivity index (χ1n) is 0. The van der Waals surface area contributed by atoms with Crippen LogP contribution in [0.4, 0.5) is 0 Å². The third-order valence-corrected chi connectivity index (χ3v) is 0. The molecule has 0 unspecified atom stereocenters. The van der Waals surface area contributed by atoms with E-state index in [9.17, 15) is 0 Å². The number of hydrogen-bond acceptors (Lipinski definition) is 0. The van der Waals surface area contributed by atoms with Crippen molar-refractivity contribution in [3.8, 4) is 0 Å². The van der Waals surface area contributed by atoms with Gasteiger partial charge < -0.3 is 0 Å². The standard InChI is InChI=1S/Al.Co.Cr.Ni.Y/q+3;3*+2;+3. The maximum absolute atomic E-state index is 0. The van der Waals surface area contributed by atoms with Crippen molar-refractivity contribution in [2.24, 2.45) is 0 Å². The molecule has 0 rings (SSSR count). The van der Waals surface area contributed by atoms with Gasteiger partial charge >= 0.3 is 101 Å². The summed E-state index contributed by atoms with van der Waals surface area (Å²) in [5.74, 6) is 0. The van der Waals surface area contributed by atoms with Crippen molar-refractivity contribution in [2.45, 2.75) is 0 Å².